The largest absolute Gasteiger partial charge is 0.494 e. The van der Waals surface area contributed by atoms with Gasteiger partial charge in [-0.05, 0) is 37.1 Å². The molecule has 2 aliphatic rings. The van der Waals surface area contributed by atoms with Crippen molar-refractivity contribution in [2.45, 2.75) is 17.7 Å². The predicted molar refractivity (Wildman–Crippen MR) is 110 cm³/mol. The van der Waals surface area contributed by atoms with E-state index in [4.69, 9.17) is 4.74 Å². The second-order valence-corrected chi connectivity index (χ2v) is 9.19. The number of nitrogens with zero attached hydrogens (tertiary/aromatic N) is 4. The van der Waals surface area contributed by atoms with E-state index >= 15 is 0 Å². The molecule has 0 aliphatic carbocycles. The molecule has 156 valence electrons. The van der Waals surface area contributed by atoms with E-state index in [1.807, 2.05) is 0 Å². The quantitative estimate of drug-likeness (QED) is 0.740. The lowest BCUT2D eigenvalue weighted by molar-refractivity contribution is 0.410. The maximum absolute atomic E-state index is 13.4. The first-order valence-corrected chi connectivity index (χ1v) is 11.2. The number of aromatic nitrogens is 1. The summed E-state index contributed by atoms with van der Waals surface area (Å²) in [5.74, 6) is 0.960. The molecule has 2 saturated heterocycles. The molecule has 29 heavy (non-hydrogen) atoms. The standard InChI is InChI=1S/C20H25FN4O3S/c1-28-19-14-16(21)4-6-18(19)23-10-12-24(13-11-23)20-7-5-17(15-22-20)29(26,27)25-8-2-3-9-25/h4-7,14-15H,2-3,8-13H2,1H3. The fourth-order valence-corrected chi connectivity index (χ4v) is 5.34. The molecular weight excluding hydrogens is 395 g/mol. The minimum atomic E-state index is -3.44. The molecule has 0 unspecified atom stereocenters. The Balaban J connectivity index is 1.43. The van der Waals surface area contributed by atoms with Crippen LogP contribution in [0.25, 0.3) is 0 Å². The van der Waals surface area contributed by atoms with Crippen LogP contribution >= 0.6 is 0 Å². The number of halogens is 1. The molecule has 2 aromatic rings. The van der Waals surface area contributed by atoms with Crippen LogP contribution in [0.1, 0.15) is 12.8 Å². The van der Waals surface area contributed by atoms with Crippen molar-refractivity contribution in [2.24, 2.45) is 0 Å². The molecule has 2 aliphatic heterocycles. The average molecular weight is 421 g/mol. The van der Waals surface area contributed by atoms with Gasteiger partial charge in [0.15, 0.2) is 0 Å². The van der Waals surface area contributed by atoms with Crippen LogP contribution in [0.15, 0.2) is 41.4 Å². The van der Waals surface area contributed by atoms with E-state index in [0.717, 1.165) is 50.5 Å². The number of piperazine rings is 1. The molecule has 0 radical (unpaired) electrons. The molecule has 0 amide bonds. The zero-order chi connectivity index (χ0) is 20.4. The summed E-state index contributed by atoms with van der Waals surface area (Å²) in [6.07, 6.45) is 3.28. The minimum Gasteiger partial charge on any atom is -0.494 e. The first-order valence-electron chi connectivity index (χ1n) is 9.79. The molecule has 3 heterocycles. The van der Waals surface area contributed by atoms with E-state index in [0.29, 0.717) is 18.8 Å². The summed E-state index contributed by atoms with van der Waals surface area (Å²) in [5, 5.41) is 0. The van der Waals surface area contributed by atoms with Crippen molar-refractivity contribution in [2.75, 3.05) is 56.2 Å². The number of rotatable bonds is 5. The van der Waals surface area contributed by atoms with Gasteiger partial charge in [-0.1, -0.05) is 0 Å². The van der Waals surface area contributed by atoms with Gasteiger partial charge in [0.05, 0.1) is 12.8 Å². The predicted octanol–water partition coefficient (Wildman–Crippen LogP) is 2.34. The van der Waals surface area contributed by atoms with Crippen LogP contribution in [0.2, 0.25) is 0 Å². The van der Waals surface area contributed by atoms with E-state index < -0.39 is 10.0 Å². The smallest absolute Gasteiger partial charge is 0.244 e. The van der Waals surface area contributed by atoms with Gasteiger partial charge in [-0.25, -0.2) is 17.8 Å². The van der Waals surface area contributed by atoms with E-state index in [1.54, 1.807) is 18.2 Å². The second kappa shape index (κ2) is 8.16. The summed E-state index contributed by atoms with van der Waals surface area (Å²) >= 11 is 0. The molecule has 0 N–H and O–H groups in total. The van der Waals surface area contributed by atoms with Crippen LogP contribution in [-0.4, -0.2) is 64.1 Å². The Morgan fingerprint density at radius 1 is 0.966 bits per heavy atom. The summed E-state index contributed by atoms with van der Waals surface area (Å²) in [7, 11) is -1.90. The zero-order valence-electron chi connectivity index (χ0n) is 16.4. The zero-order valence-corrected chi connectivity index (χ0v) is 17.2. The monoisotopic (exact) mass is 420 g/mol. The van der Waals surface area contributed by atoms with Crippen molar-refractivity contribution in [1.29, 1.82) is 0 Å². The van der Waals surface area contributed by atoms with Gasteiger partial charge in [0.1, 0.15) is 22.3 Å². The van der Waals surface area contributed by atoms with E-state index in [1.165, 1.54) is 29.7 Å². The Bertz CT molecular complexity index is 954. The van der Waals surface area contributed by atoms with E-state index in [-0.39, 0.29) is 10.7 Å². The number of pyridine rings is 1. The van der Waals surface area contributed by atoms with Crippen LogP contribution in [-0.2, 0) is 10.0 Å². The Kier molecular flexibility index (Phi) is 5.60. The van der Waals surface area contributed by atoms with Gasteiger partial charge in [0.2, 0.25) is 10.0 Å². The van der Waals surface area contributed by atoms with E-state index in [9.17, 15) is 12.8 Å². The van der Waals surface area contributed by atoms with Gasteiger partial charge < -0.3 is 14.5 Å². The Hall–Kier alpha value is -2.39. The SMILES string of the molecule is COc1cc(F)ccc1N1CCN(c2ccc(S(=O)(=O)N3CCCC3)cn2)CC1. The lowest BCUT2D eigenvalue weighted by atomic mass is 10.2. The lowest BCUT2D eigenvalue weighted by Gasteiger charge is -2.37. The molecule has 0 atom stereocenters. The van der Waals surface area contributed by atoms with Crippen molar-refractivity contribution in [1.82, 2.24) is 9.29 Å². The van der Waals surface area contributed by atoms with E-state index in [2.05, 4.69) is 14.8 Å². The maximum atomic E-state index is 13.4. The summed E-state index contributed by atoms with van der Waals surface area (Å²) in [5.41, 5.74) is 0.869. The highest BCUT2D eigenvalue weighted by Gasteiger charge is 2.28. The van der Waals surface area contributed by atoms with Crippen molar-refractivity contribution < 1.29 is 17.5 Å². The number of anilines is 2. The molecule has 7 nitrogen and oxygen atoms in total. The summed E-state index contributed by atoms with van der Waals surface area (Å²) in [6.45, 7) is 4.09. The number of sulfonamides is 1. The topological polar surface area (TPSA) is 66.0 Å². The van der Waals surface area contributed by atoms with Gasteiger partial charge in [0.25, 0.3) is 0 Å². The highest BCUT2D eigenvalue weighted by Crippen LogP contribution is 2.30. The number of methoxy groups -OCH3 is 1. The number of benzene rings is 1. The Morgan fingerprint density at radius 3 is 2.28 bits per heavy atom. The molecule has 0 bridgehead atoms. The maximum Gasteiger partial charge on any atom is 0.244 e. The normalized spacial score (nSPS) is 18.3. The Labute approximate surface area is 170 Å². The van der Waals surface area contributed by atoms with Crippen molar-refractivity contribution in [3.63, 3.8) is 0 Å². The molecule has 1 aromatic heterocycles. The number of hydrogen-bond donors (Lipinski definition) is 0. The average Bonchev–Trinajstić information content (AvgIpc) is 3.30. The van der Waals surface area contributed by atoms with Crippen molar-refractivity contribution in [3.05, 3.63) is 42.3 Å². The van der Waals surface area contributed by atoms with Crippen LogP contribution in [0.4, 0.5) is 15.9 Å². The molecule has 2 fully saturated rings. The van der Waals surface area contributed by atoms with Crippen LogP contribution in [0, 0.1) is 5.82 Å². The number of ether oxygens (including phenoxy) is 1. The molecular formula is C20H25FN4O3S. The third kappa shape index (κ3) is 4.02. The highest BCUT2D eigenvalue weighted by molar-refractivity contribution is 7.89. The fourth-order valence-electron chi connectivity index (χ4n) is 3.88. The highest BCUT2D eigenvalue weighted by atomic mass is 32.2. The third-order valence-electron chi connectivity index (χ3n) is 5.51. The van der Waals surface area contributed by atoms with Gasteiger partial charge in [-0.15, -0.1) is 0 Å². The second-order valence-electron chi connectivity index (χ2n) is 7.25. The Morgan fingerprint density at radius 2 is 1.66 bits per heavy atom. The molecule has 4 rings (SSSR count). The fraction of sp³-hybridized carbons (Fsp3) is 0.450. The summed E-state index contributed by atoms with van der Waals surface area (Å²) < 4.78 is 45.5. The van der Waals surface area contributed by atoms with Crippen LogP contribution in [0.5, 0.6) is 5.75 Å². The van der Waals surface area contributed by atoms with Gasteiger partial charge in [-0.2, -0.15) is 4.31 Å². The lowest BCUT2D eigenvalue weighted by Crippen LogP contribution is -2.47. The minimum absolute atomic E-state index is 0.248. The number of hydrogen-bond acceptors (Lipinski definition) is 6. The molecule has 0 spiro atoms. The van der Waals surface area contributed by atoms with Crippen LogP contribution < -0.4 is 14.5 Å². The first-order chi connectivity index (χ1) is 14.0. The van der Waals surface area contributed by atoms with Gasteiger partial charge >= 0.3 is 0 Å². The third-order valence-corrected chi connectivity index (χ3v) is 7.39. The first kappa shape index (κ1) is 19.9. The molecule has 1 aromatic carbocycles. The van der Waals surface area contributed by atoms with Crippen molar-refractivity contribution >= 4 is 21.5 Å². The molecule has 0 saturated carbocycles. The van der Waals surface area contributed by atoms with Gasteiger partial charge in [-0.3, -0.25) is 0 Å². The van der Waals surface area contributed by atoms with Crippen molar-refractivity contribution in [3.8, 4) is 5.75 Å². The van der Waals surface area contributed by atoms with Gasteiger partial charge in [0, 0.05) is 51.5 Å². The summed E-state index contributed by atoms with van der Waals surface area (Å²) in [4.78, 5) is 8.94. The molecule has 9 heteroatoms. The summed E-state index contributed by atoms with van der Waals surface area (Å²) in [6, 6.07) is 7.98. The van der Waals surface area contributed by atoms with Crippen LogP contribution in [0.3, 0.4) is 0 Å².